The lowest BCUT2D eigenvalue weighted by Crippen LogP contribution is -2.15. The molecule has 3 rings (SSSR count). The van der Waals surface area contributed by atoms with Gasteiger partial charge in [-0.05, 0) is 55.6 Å². The lowest BCUT2D eigenvalue weighted by molar-refractivity contribution is 0.174. The fraction of sp³-hybridized carbons (Fsp3) is 0.333. The molecule has 3 nitrogen and oxygen atoms in total. The van der Waals surface area contributed by atoms with E-state index in [1.807, 2.05) is 6.07 Å². The van der Waals surface area contributed by atoms with Crippen LogP contribution in [0.3, 0.4) is 0 Å². The van der Waals surface area contributed by atoms with Crippen LogP contribution in [0.5, 0.6) is 11.5 Å². The molecular formula is C18H21NO2. The summed E-state index contributed by atoms with van der Waals surface area (Å²) in [6.45, 7) is 5.21. The van der Waals surface area contributed by atoms with Gasteiger partial charge in [-0.2, -0.15) is 0 Å². The van der Waals surface area contributed by atoms with E-state index < -0.39 is 0 Å². The highest BCUT2D eigenvalue weighted by atomic mass is 16.7. The first-order valence-corrected chi connectivity index (χ1v) is 7.33. The summed E-state index contributed by atoms with van der Waals surface area (Å²) in [5.74, 6) is 1.94. The van der Waals surface area contributed by atoms with Crippen molar-refractivity contribution < 1.29 is 9.47 Å². The van der Waals surface area contributed by atoms with Gasteiger partial charge in [-0.1, -0.05) is 29.8 Å². The zero-order chi connectivity index (χ0) is 14.8. The SMILES string of the molecule is Cc1ccc(C)c(CC(CN)c2ccc3c(c2)OCO3)c1. The van der Waals surface area contributed by atoms with Gasteiger partial charge in [0.2, 0.25) is 6.79 Å². The van der Waals surface area contributed by atoms with Crippen LogP contribution in [0.15, 0.2) is 36.4 Å². The molecule has 0 aliphatic carbocycles. The van der Waals surface area contributed by atoms with E-state index in [0.29, 0.717) is 19.3 Å². The minimum Gasteiger partial charge on any atom is -0.454 e. The van der Waals surface area contributed by atoms with E-state index >= 15 is 0 Å². The van der Waals surface area contributed by atoms with Crippen LogP contribution in [0, 0.1) is 13.8 Å². The number of hydrogen-bond donors (Lipinski definition) is 1. The van der Waals surface area contributed by atoms with E-state index in [-0.39, 0.29) is 0 Å². The van der Waals surface area contributed by atoms with Crippen LogP contribution in [0.4, 0.5) is 0 Å². The molecule has 110 valence electrons. The van der Waals surface area contributed by atoms with Crippen LogP contribution in [0.2, 0.25) is 0 Å². The molecule has 0 saturated carbocycles. The minimum atomic E-state index is 0.292. The number of ether oxygens (including phenoxy) is 2. The number of benzene rings is 2. The number of nitrogens with two attached hydrogens (primary N) is 1. The highest BCUT2D eigenvalue weighted by molar-refractivity contribution is 5.46. The minimum absolute atomic E-state index is 0.292. The third-order valence-corrected chi connectivity index (χ3v) is 4.12. The number of hydrogen-bond acceptors (Lipinski definition) is 3. The molecule has 0 fully saturated rings. The number of fused-ring (bicyclic) bond motifs is 1. The first kappa shape index (κ1) is 14.0. The molecule has 1 aliphatic rings. The monoisotopic (exact) mass is 283 g/mol. The zero-order valence-electron chi connectivity index (χ0n) is 12.6. The van der Waals surface area contributed by atoms with Crippen molar-refractivity contribution in [3.8, 4) is 11.5 Å². The van der Waals surface area contributed by atoms with E-state index in [2.05, 4.69) is 44.2 Å². The van der Waals surface area contributed by atoms with Gasteiger partial charge in [-0.15, -0.1) is 0 Å². The Labute approximate surface area is 125 Å². The molecule has 1 aliphatic heterocycles. The second-order valence-electron chi connectivity index (χ2n) is 5.68. The molecule has 3 heteroatoms. The van der Waals surface area contributed by atoms with Crippen LogP contribution in [-0.4, -0.2) is 13.3 Å². The van der Waals surface area contributed by atoms with Gasteiger partial charge in [0.1, 0.15) is 0 Å². The lowest BCUT2D eigenvalue weighted by atomic mass is 9.89. The number of rotatable bonds is 4. The summed E-state index contributed by atoms with van der Waals surface area (Å²) in [6, 6.07) is 12.7. The summed E-state index contributed by atoms with van der Waals surface area (Å²) < 4.78 is 10.8. The van der Waals surface area contributed by atoms with Crippen LogP contribution in [0.25, 0.3) is 0 Å². The Balaban J connectivity index is 1.86. The van der Waals surface area contributed by atoms with Crippen LogP contribution in [-0.2, 0) is 6.42 Å². The van der Waals surface area contributed by atoms with Gasteiger partial charge in [-0.3, -0.25) is 0 Å². The van der Waals surface area contributed by atoms with Crippen molar-refractivity contribution in [3.05, 3.63) is 58.7 Å². The average molecular weight is 283 g/mol. The van der Waals surface area contributed by atoms with E-state index in [9.17, 15) is 0 Å². The second-order valence-corrected chi connectivity index (χ2v) is 5.68. The Morgan fingerprint density at radius 2 is 1.86 bits per heavy atom. The predicted molar refractivity (Wildman–Crippen MR) is 84.0 cm³/mol. The standard InChI is InChI=1S/C18H21NO2/c1-12-3-4-13(2)15(7-12)8-16(10-19)14-5-6-17-18(9-14)21-11-20-17/h3-7,9,16H,8,10-11,19H2,1-2H3. The van der Waals surface area contributed by atoms with Crippen LogP contribution in [0.1, 0.15) is 28.2 Å². The maximum absolute atomic E-state index is 6.01. The highest BCUT2D eigenvalue weighted by Gasteiger charge is 2.18. The summed E-state index contributed by atoms with van der Waals surface area (Å²) >= 11 is 0. The Hall–Kier alpha value is -2.00. The van der Waals surface area contributed by atoms with Gasteiger partial charge >= 0.3 is 0 Å². The summed E-state index contributed by atoms with van der Waals surface area (Å²) in [5.41, 5.74) is 11.2. The fourth-order valence-electron chi connectivity index (χ4n) is 2.79. The maximum atomic E-state index is 6.01. The van der Waals surface area contributed by atoms with Crippen molar-refractivity contribution in [2.75, 3.05) is 13.3 Å². The summed E-state index contributed by atoms with van der Waals surface area (Å²) in [5, 5.41) is 0. The first-order valence-electron chi connectivity index (χ1n) is 7.33. The molecule has 0 bridgehead atoms. The Kier molecular flexibility index (Phi) is 3.84. The molecule has 1 heterocycles. The van der Waals surface area contributed by atoms with Gasteiger partial charge in [-0.25, -0.2) is 0 Å². The largest absolute Gasteiger partial charge is 0.454 e. The molecule has 2 aromatic carbocycles. The lowest BCUT2D eigenvalue weighted by Gasteiger charge is -2.17. The zero-order valence-corrected chi connectivity index (χ0v) is 12.6. The molecule has 0 spiro atoms. The molecule has 0 amide bonds. The van der Waals surface area contributed by atoms with Crippen molar-refractivity contribution in [1.82, 2.24) is 0 Å². The number of aryl methyl sites for hydroxylation is 2. The van der Waals surface area contributed by atoms with Gasteiger partial charge in [0.05, 0.1) is 0 Å². The molecule has 2 N–H and O–H groups in total. The van der Waals surface area contributed by atoms with Crippen molar-refractivity contribution in [1.29, 1.82) is 0 Å². The molecule has 2 aromatic rings. The summed E-state index contributed by atoms with van der Waals surface area (Å²) in [6.07, 6.45) is 0.948. The van der Waals surface area contributed by atoms with Gasteiger partial charge in [0, 0.05) is 5.92 Å². The average Bonchev–Trinajstić information content (AvgIpc) is 2.95. The smallest absolute Gasteiger partial charge is 0.231 e. The van der Waals surface area contributed by atoms with E-state index in [0.717, 1.165) is 17.9 Å². The predicted octanol–water partition coefficient (Wildman–Crippen LogP) is 3.32. The topological polar surface area (TPSA) is 44.5 Å². The van der Waals surface area contributed by atoms with Crippen LogP contribution < -0.4 is 15.2 Å². The summed E-state index contributed by atoms with van der Waals surface area (Å²) in [7, 11) is 0. The summed E-state index contributed by atoms with van der Waals surface area (Å²) in [4.78, 5) is 0. The van der Waals surface area contributed by atoms with E-state index in [1.54, 1.807) is 0 Å². The Bertz CT molecular complexity index is 652. The normalized spacial score (nSPS) is 14.2. The van der Waals surface area contributed by atoms with Crippen molar-refractivity contribution in [2.24, 2.45) is 5.73 Å². The third-order valence-electron chi connectivity index (χ3n) is 4.12. The molecule has 0 saturated heterocycles. The fourth-order valence-corrected chi connectivity index (χ4v) is 2.79. The molecular weight excluding hydrogens is 262 g/mol. The molecule has 0 aromatic heterocycles. The molecule has 1 unspecified atom stereocenters. The van der Waals surface area contributed by atoms with Crippen LogP contribution >= 0.6 is 0 Å². The Morgan fingerprint density at radius 1 is 1.05 bits per heavy atom. The quantitative estimate of drug-likeness (QED) is 0.936. The molecule has 1 atom stereocenters. The van der Waals surface area contributed by atoms with Crippen molar-refractivity contribution in [2.45, 2.75) is 26.2 Å². The molecule has 21 heavy (non-hydrogen) atoms. The van der Waals surface area contributed by atoms with Gasteiger partial charge in [0.25, 0.3) is 0 Å². The van der Waals surface area contributed by atoms with Crippen molar-refractivity contribution >= 4 is 0 Å². The van der Waals surface area contributed by atoms with E-state index in [1.165, 1.54) is 22.3 Å². The van der Waals surface area contributed by atoms with Gasteiger partial charge < -0.3 is 15.2 Å². The van der Waals surface area contributed by atoms with E-state index in [4.69, 9.17) is 15.2 Å². The Morgan fingerprint density at radius 3 is 2.67 bits per heavy atom. The van der Waals surface area contributed by atoms with Crippen molar-refractivity contribution in [3.63, 3.8) is 0 Å². The first-order chi connectivity index (χ1) is 10.2. The highest BCUT2D eigenvalue weighted by Crippen LogP contribution is 2.35. The third kappa shape index (κ3) is 2.88. The molecule has 0 radical (unpaired) electrons. The maximum Gasteiger partial charge on any atom is 0.231 e. The second kappa shape index (κ2) is 5.78. The van der Waals surface area contributed by atoms with Gasteiger partial charge in [0.15, 0.2) is 11.5 Å².